The highest BCUT2D eigenvalue weighted by atomic mass is 35.5. The van der Waals surface area contributed by atoms with Gasteiger partial charge in [0.1, 0.15) is 11.6 Å². The van der Waals surface area contributed by atoms with Crippen molar-refractivity contribution < 1.29 is 14.6 Å². The molecular weight excluding hydrogens is 478 g/mol. The van der Waals surface area contributed by atoms with Crippen LogP contribution in [0.25, 0.3) is 10.9 Å². The van der Waals surface area contributed by atoms with Crippen molar-refractivity contribution >= 4 is 34.2 Å². The van der Waals surface area contributed by atoms with Gasteiger partial charge in [0.25, 0.3) is 5.56 Å². The van der Waals surface area contributed by atoms with Gasteiger partial charge in [0, 0.05) is 24.7 Å². The number of rotatable bonds is 8. The number of methoxy groups -OCH3 is 1. The average Bonchev–Trinajstić information content (AvgIpc) is 2.86. The zero-order valence-electron chi connectivity index (χ0n) is 20.6. The SMILES string of the molecule is COc1cc(CCc2nc3c(C(C)Nc4ccccc4C(=O)O)cc(C)cc3c(=O)n2C)ccc1Cl. The summed E-state index contributed by atoms with van der Waals surface area (Å²) in [4.78, 5) is 29.9. The Hall–Kier alpha value is -3.84. The molecule has 0 aliphatic carbocycles. The zero-order valence-corrected chi connectivity index (χ0v) is 21.4. The van der Waals surface area contributed by atoms with Crippen LogP contribution < -0.4 is 15.6 Å². The lowest BCUT2D eigenvalue weighted by atomic mass is 10.00. The lowest BCUT2D eigenvalue weighted by molar-refractivity contribution is 0.0698. The fourth-order valence-electron chi connectivity index (χ4n) is 4.37. The first kappa shape index (κ1) is 25.3. The van der Waals surface area contributed by atoms with Crippen molar-refractivity contribution in [3.8, 4) is 5.75 Å². The van der Waals surface area contributed by atoms with Gasteiger partial charge in [-0.05, 0) is 61.7 Å². The van der Waals surface area contributed by atoms with E-state index in [0.29, 0.717) is 46.0 Å². The molecule has 0 radical (unpaired) electrons. The molecule has 1 unspecified atom stereocenters. The first-order valence-electron chi connectivity index (χ1n) is 11.6. The highest BCUT2D eigenvalue weighted by Gasteiger charge is 2.18. The van der Waals surface area contributed by atoms with Gasteiger partial charge in [0.15, 0.2) is 0 Å². The Bertz CT molecular complexity index is 1510. The Labute approximate surface area is 214 Å². The number of benzene rings is 3. The Morgan fingerprint density at radius 1 is 1.17 bits per heavy atom. The fraction of sp³-hybridized carbons (Fsp3) is 0.250. The predicted molar refractivity (Wildman–Crippen MR) is 143 cm³/mol. The number of aromatic nitrogens is 2. The number of para-hydroxylation sites is 1. The number of hydrogen-bond donors (Lipinski definition) is 2. The number of anilines is 1. The molecule has 0 aliphatic heterocycles. The van der Waals surface area contributed by atoms with Crippen molar-refractivity contribution in [3.05, 3.63) is 98.1 Å². The van der Waals surface area contributed by atoms with Crippen molar-refractivity contribution in [1.82, 2.24) is 9.55 Å². The molecule has 3 aromatic carbocycles. The van der Waals surface area contributed by atoms with E-state index in [-0.39, 0.29) is 17.2 Å². The Balaban J connectivity index is 1.73. The number of nitrogens with one attached hydrogen (secondary N) is 1. The van der Waals surface area contributed by atoms with E-state index in [1.807, 2.05) is 38.1 Å². The normalized spacial score (nSPS) is 11.9. The maximum Gasteiger partial charge on any atom is 0.337 e. The Morgan fingerprint density at radius 2 is 1.92 bits per heavy atom. The maximum absolute atomic E-state index is 13.3. The van der Waals surface area contributed by atoms with E-state index in [9.17, 15) is 14.7 Å². The summed E-state index contributed by atoms with van der Waals surface area (Å²) in [5.41, 5.74) is 3.97. The van der Waals surface area contributed by atoms with E-state index < -0.39 is 5.97 Å². The lowest BCUT2D eigenvalue weighted by Gasteiger charge is -2.20. The summed E-state index contributed by atoms with van der Waals surface area (Å²) >= 11 is 6.15. The van der Waals surface area contributed by atoms with Crippen LogP contribution in [0.4, 0.5) is 5.69 Å². The van der Waals surface area contributed by atoms with E-state index in [4.69, 9.17) is 21.3 Å². The zero-order chi connectivity index (χ0) is 26.0. The second kappa shape index (κ2) is 10.4. The highest BCUT2D eigenvalue weighted by molar-refractivity contribution is 6.32. The molecule has 4 aromatic rings. The number of carboxylic acids is 1. The largest absolute Gasteiger partial charge is 0.495 e. The van der Waals surface area contributed by atoms with Crippen molar-refractivity contribution in [3.63, 3.8) is 0 Å². The smallest absolute Gasteiger partial charge is 0.337 e. The molecule has 0 aliphatic rings. The molecule has 8 heteroatoms. The molecule has 1 atom stereocenters. The lowest BCUT2D eigenvalue weighted by Crippen LogP contribution is -2.24. The number of fused-ring (bicyclic) bond motifs is 1. The standard InChI is InChI=1S/C28H28ClN3O4/c1-16-13-20(17(2)30-23-8-6-5-7-19(23)28(34)35)26-21(14-16)27(33)32(3)25(31-26)12-10-18-9-11-22(29)24(15-18)36-4/h5-9,11,13-15,17,30H,10,12H2,1-4H3,(H,34,35). The number of ether oxygens (including phenoxy) is 1. The molecule has 0 bridgehead atoms. The molecule has 0 fully saturated rings. The van der Waals surface area contributed by atoms with E-state index in [1.165, 1.54) is 0 Å². The molecule has 4 rings (SSSR count). The van der Waals surface area contributed by atoms with Crippen molar-refractivity contribution in [2.75, 3.05) is 12.4 Å². The van der Waals surface area contributed by atoms with Crippen LogP contribution in [-0.2, 0) is 19.9 Å². The van der Waals surface area contributed by atoms with Gasteiger partial charge in [-0.2, -0.15) is 0 Å². The summed E-state index contributed by atoms with van der Waals surface area (Å²) in [5, 5.41) is 13.9. The number of aryl methyl sites for hydroxylation is 3. The van der Waals surface area contributed by atoms with Crippen LogP contribution in [0.5, 0.6) is 5.75 Å². The molecular formula is C28H28ClN3O4. The Morgan fingerprint density at radius 3 is 2.64 bits per heavy atom. The number of hydrogen-bond acceptors (Lipinski definition) is 5. The van der Waals surface area contributed by atoms with Crippen molar-refractivity contribution in [2.45, 2.75) is 32.7 Å². The van der Waals surface area contributed by atoms with Gasteiger partial charge in [0.05, 0.1) is 34.6 Å². The van der Waals surface area contributed by atoms with Gasteiger partial charge >= 0.3 is 5.97 Å². The number of aromatic carboxylic acids is 1. The number of carboxylic acid groups (broad SMARTS) is 1. The fourth-order valence-corrected chi connectivity index (χ4v) is 4.57. The van der Waals surface area contributed by atoms with Gasteiger partial charge in [-0.3, -0.25) is 9.36 Å². The molecule has 1 heterocycles. The number of carbonyl (C=O) groups is 1. The third kappa shape index (κ3) is 5.06. The molecule has 0 saturated carbocycles. The second-order valence-electron chi connectivity index (χ2n) is 8.83. The van der Waals surface area contributed by atoms with Crippen molar-refractivity contribution in [1.29, 1.82) is 0 Å². The predicted octanol–water partition coefficient (Wildman–Crippen LogP) is 5.56. The molecule has 0 amide bonds. The van der Waals surface area contributed by atoms with Gasteiger partial charge in [-0.15, -0.1) is 0 Å². The quantitative estimate of drug-likeness (QED) is 0.325. The second-order valence-corrected chi connectivity index (χ2v) is 9.24. The third-order valence-corrected chi connectivity index (χ3v) is 6.61. The number of nitrogens with zero attached hydrogens (tertiary/aromatic N) is 2. The molecule has 0 spiro atoms. The van der Waals surface area contributed by atoms with Crippen LogP contribution in [0.15, 0.2) is 59.4 Å². The molecule has 1 aromatic heterocycles. The van der Waals surface area contributed by atoms with Gasteiger partial charge in [-0.1, -0.05) is 35.9 Å². The molecule has 36 heavy (non-hydrogen) atoms. The summed E-state index contributed by atoms with van der Waals surface area (Å²) < 4.78 is 6.91. The van der Waals surface area contributed by atoms with Crippen LogP contribution in [-0.4, -0.2) is 27.7 Å². The molecule has 0 saturated heterocycles. The topological polar surface area (TPSA) is 93.5 Å². The van der Waals surface area contributed by atoms with Crippen LogP contribution in [0, 0.1) is 6.92 Å². The van der Waals surface area contributed by atoms with Gasteiger partial charge in [-0.25, -0.2) is 9.78 Å². The minimum absolute atomic E-state index is 0.119. The summed E-state index contributed by atoms with van der Waals surface area (Å²) in [6, 6.07) is 15.9. The molecule has 186 valence electrons. The summed E-state index contributed by atoms with van der Waals surface area (Å²) in [6.07, 6.45) is 1.20. The summed E-state index contributed by atoms with van der Waals surface area (Å²) in [7, 11) is 3.31. The summed E-state index contributed by atoms with van der Waals surface area (Å²) in [5.74, 6) is 0.256. The van der Waals surface area contributed by atoms with Crippen LogP contribution in [0.1, 0.15) is 45.8 Å². The third-order valence-electron chi connectivity index (χ3n) is 6.30. The van der Waals surface area contributed by atoms with E-state index in [0.717, 1.165) is 16.7 Å². The van der Waals surface area contributed by atoms with Gasteiger partial charge in [0.2, 0.25) is 0 Å². The maximum atomic E-state index is 13.3. The summed E-state index contributed by atoms with van der Waals surface area (Å²) in [6.45, 7) is 3.87. The van der Waals surface area contributed by atoms with Crippen molar-refractivity contribution in [2.24, 2.45) is 7.05 Å². The Kier molecular flexibility index (Phi) is 7.31. The van der Waals surface area contributed by atoms with Crippen LogP contribution >= 0.6 is 11.6 Å². The van der Waals surface area contributed by atoms with E-state index in [2.05, 4.69) is 5.32 Å². The van der Waals surface area contributed by atoms with E-state index in [1.54, 1.807) is 49.1 Å². The van der Waals surface area contributed by atoms with Crippen LogP contribution in [0.3, 0.4) is 0 Å². The molecule has 7 nitrogen and oxygen atoms in total. The monoisotopic (exact) mass is 505 g/mol. The minimum Gasteiger partial charge on any atom is -0.495 e. The number of halogens is 1. The van der Waals surface area contributed by atoms with E-state index >= 15 is 0 Å². The van der Waals surface area contributed by atoms with Crippen LogP contribution in [0.2, 0.25) is 5.02 Å². The van der Waals surface area contributed by atoms with Gasteiger partial charge < -0.3 is 15.2 Å². The first-order chi connectivity index (χ1) is 17.2. The minimum atomic E-state index is -1.01. The highest BCUT2D eigenvalue weighted by Crippen LogP contribution is 2.29. The average molecular weight is 506 g/mol. The first-order valence-corrected chi connectivity index (χ1v) is 12.0. The molecule has 2 N–H and O–H groups in total.